The lowest BCUT2D eigenvalue weighted by molar-refractivity contribution is -0.114. The number of carbonyl (C=O) groups excluding carboxylic acids is 1. The number of anilines is 1. The second kappa shape index (κ2) is 6.16. The molecule has 0 aliphatic carbocycles. The Hall–Kier alpha value is -3.54. The number of hydrogen-bond donors (Lipinski definition) is 1. The number of nitrogens with zero attached hydrogens (tertiary/aromatic N) is 4. The topological polar surface area (TPSA) is 72.2 Å². The van der Waals surface area contributed by atoms with Crippen LogP contribution >= 0.6 is 0 Å². The molecule has 0 unspecified atom stereocenters. The van der Waals surface area contributed by atoms with Gasteiger partial charge in [0, 0.05) is 36.1 Å². The Labute approximate surface area is 144 Å². The van der Waals surface area contributed by atoms with E-state index in [1.54, 1.807) is 23.1 Å². The fourth-order valence-corrected chi connectivity index (χ4v) is 2.70. The van der Waals surface area contributed by atoms with E-state index in [9.17, 15) is 4.79 Å². The summed E-state index contributed by atoms with van der Waals surface area (Å²) >= 11 is 0. The normalized spacial score (nSPS) is 10.8. The van der Waals surface area contributed by atoms with Crippen molar-refractivity contribution >= 4 is 17.2 Å². The molecule has 1 aromatic carbocycles. The van der Waals surface area contributed by atoms with Crippen LogP contribution in [0, 0.1) is 0 Å². The Morgan fingerprint density at radius 2 is 1.92 bits per heavy atom. The minimum Gasteiger partial charge on any atom is -0.326 e. The van der Waals surface area contributed by atoms with Crippen LogP contribution in [0.3, 0.4) is 0 Å². The molecule has 122 valence electrons. The number of imidazole rings is 1. The minimum absolute atomic E-state index is 0.104. The first-order valence-corrected chi connectivity index (χ1v) is 7.84. The lowest BCUT2D eigenvalue weighted by atomic mass is 10.1. The molecule has 4 rings (SSSR count). The van der Waals surface area contributed by atoms with Crippen molar-refractivity contribution in [3.8, 4) is 22.5 Å². The molecule has 0 saturated heterocycles. The standard InChI is InChI=1S/C19H15N5O/c1-13(25)22-16-6-2-4-14(10-16)18-12-21-19-8-7-17(23-24(18)19)15-5-3-9-20-11-15/h2-12H,1H3,(H,22,25). The SMILES string of the molecule is CC(=O)Nc1cccc(-c2cnc3ccc(-c4cccnc4)nn23)c1. The summed E-state index contributed by atoms with van der Waals surface area (Å²) in [5.74, 6) is -0.104. The van der Waals surface area contributed by atoms with Crippen LogP contribution in [0.1, 0.15) is 6.92 Å². The Bertz CT molecular complexity index is 1060. The Kier molecular flexibility index (Phi) is 3.70. The highest BCUT2D eigenvalue weighted by Gasteiger charge is 2.10. The van der Waals surface area contributed by atoms with E-state index in [2.05, 4.69) is 15.3 Å². The third-order valence-electron chi connectivity index (χ3n) is 3.80. The third-order valence-corrected chi connectivity index (χ3v) is 3.80. The van der Waals surface area contributed by atoms with Crippen LogP contribution in [0.5, 0.6) is 0 Å². The van der Waals surface area contributed by atoms with E-state index in [1.165, 1.54) is 6.92 Å². The van der Waals surface area contributed by atoms with Crippen LogP contribution in [-0.2, 0) is 4.79 Å². The van der Waals surface area contributed by atoms with Crippen molar-refractivity contribution in [3.05, 3.63) is 67.1 Å². The van der Waals surface area contributed by atoms with Gasteiger partial charge in [-0.05, 0) is 36.4 Å². The summed E-state index contributed by atoms with van der Waals surface area (Å²) in [6.45, 7) is 1.49. The largest absolute Gasteiger partial charge is 0.326 e. The van der Waals surface area contributed by atoms with Crippen LogP contribution < -0.4 is 5.32 Å². The molecule has 1 amide bonds. The van der Waals surface area contributed by atoms with Crippen LogP contribution in [0.15, 0.2) is 67.1 Å². The molecule has 25 heavy (non-hydrogen) atoms. The van der Waals surface area contributed by atoms with E-state index < -0.39 is 0 Å². The van der Waals surface area contributed by atoms with E-state index in [0.29, 0.717) is 0 Å². The van der Waals surface area contributed by atoms with Crippen molar-refractivity contribution in [2.45, 2.75) is 6.92 Å². The van der Waals surface area contributed by atoms with E-state index in [1.807, 2.05) is 48.5 Å². The molecular formula is C19H15N5O. The second-order valence-electron chi connectivity index (χ2n) is 5.64. The van der Waals surface area contributed by atoms with Gasteiger partial charge in [-0.2, -0.15) is 5.10 Å². The van der Waals surface area contributed by atoms with Gasteiger partial charge in [-0.15, -0.1) is 0 Å². The molecule has 0 spiro atoms. The summed E-state index contributed by atoms with van der Waals surface area (Å²) in [5.41, 5.74) is 5.03. The molecule has 0 aliphatic heterocycles. The molecule has 0 radical (unpaired) electrons. The lowest BCUT2D eigenvalue weighted by Gasteiger charge is -2.06. The zero-order chi connectivity index (χ0) is 17.2. The highest BCUT2D eigenvalue weighted by Crippen LogP contribution is 2.24. The number of nitrogens with one attached hydrogen (secondary N) is 1. The fourth-order valence-electron chi connectivity index (χ4n) is 2.70. The van der Waals surface area contributed by atoms with Crippen molar-refractivity contribution in [2.75, 3.05) is 5.32 Å². The van der Waals surface area contributed by atoms with Gasteiger partial charge in [0.1, 0.15) is 0 Å². The minimum atomic E-state index is -0.104. The molecule has 0 fully saturated rings. The maximum Gasteiger partial charge on any atom is 0.221 e. The first kappa shape index (κ1) is 15.0. The summed E-state index contributed by atoms with van der Waals surface area (Å²) < 4.78 is 1.80. The molecule has 3 aromatic heterocycles. The molecule has 4 aromatic rings. The van der Waals surface area contributed by atoms with Gasteiger partial charge in [0.2, 0.25) is 5.91 Å². The summed E-state index contributed by atoms with van der Waals surface area (Å²) in [7, 11) is 0. The van der Waals surface area contributed by atoms with Gasteiger partial charge in [-0.3, -0.25) is 9.78 Å². The maximum atomic E-state index is 11.3. The van der Waals surface area contributed by atoms with Gasteiger partial charge in [0.15, 0.2) is 5.65 Å². The molecule has 3 heterocycles. The highest BCUT2D eigenvalue weighted by molar-refractivity contribution is 5.89. The molecule has 6 nitrogen and oxygen atoms in total. The summed E-state index contributed by atoms with van der Waals surface area (Å²) in [6, 6.07) is 15.3. The van der Waals surface area contributed by atoms with Crippen LogP contribution in [-0.4, -0.2) is 25.5 Å². The number of benzene rings is 1. The average Bonchev–Trinajstić information content (AvgIpc) is 3.05. The van der Waals surface area contributed by atoms with Gasteiger partial charge in [0.25, 0.3) is 0 Å². The molecule has 1 N–H and O–H groups in total. The third kappa shape index (κ3) is 2.97. The lowest BCUT2D eigenvalue weighted by Crippen LogP contribution is -2.05. The number of aromatic nitrogens is 4. The van der Waals surface area contributed by atoms with Gasteiger partial charge < -0.3 is 5.32 Å². The van der Waals surface area contributed by atoms with Gasteiger partial charge in [-0.25, -0.2) is 9.50 Å². The zero-order valence-electron chi connectivity index (χ0n) is 13.5. The fraction of sp³-hybridized carbons (Fsp3) is 0.0526. The monoisotopic (exact) mass is 329 g/mol. The molecule has 0 bridgehead atoms. The number of amides is 1. The quantitative estimate of drug-likeness (QED) is 0.625. The van der Waals surface area contributed by atoms with E-state index in [4.69, 9.17) is 5.10 Å². The van der Waals surface area contributed by atoms with Crippen LogP contribution in [0.25, 0.3) is 28.2 Å². The van der Waals surface area contributed by atoms with Crippen molar-refractivity contribution in [1.29, 1.82) is 0 Å². The highest BCUT2D eigenvalue weighted by atomic mass is 16.1. The van der Waals surface area contributed by atoms with Gasteiger partial charge in [0.05, 0.1) is 17.6 Å². The molecule has 0 aliphatic rings. The van der Waals surface area contributed by atoms with E-state index in [0.717, 1.165) is 33.8 Å². The summed E-state index contributed by atoms with van der Waals surface area (Å²) in [5, 5.41) is 7.49. The molecular weight excluding hydrogens is 314 g/mol. The van der Waals surface area contributed by atoms with Crippen molar-refractivity contribution < 1.29 is 4.79 Å². The predicted molar refractivity (Wildman–Crippen MR) is 96.0 cm³/mol. The Morgan fingerprint density at radius 3 is 2.72 bits per heavy atom. The Morgan fingerprint density at radius 1 is 1.04 bits per heavy atom. The first-order chi connectivity index (χ1) is 12.2. The number of fused-ring (bicyclic) bond motifs is 1. The van der Waals surface area contributed by atoms with E-state index in [-0.39, 0.29) is 5.91 Å². The number of rotatable bonds is 3. The number of pyridine rings is 1. The Balaban J connectivity index is 1.81. The van der Waals surface area contributed by atoms with Crippen LogP contribution in [0.4, 0.5) is 5.69 Å². The van der Waals surface area contributed by atoms with Gasteiger partial charge in [-0.1, -0.05) is 12.1 Å². The molecule has 0 atom stereocenters. The molecule has 0 saturated carbocycles. The second-order valence-corrected chi connectivity index (χ2v) is 5.64. The van der Waals surface area contributed by atoms with Crippen LogP contribution in [0.2, 0.25) is 0 Å². The van der Waals surface area contributed by atoms with Crippen molar-refractivity contribution in [2.24, 2.45) is 0 Å². The summed E-state index contributed by atoms with van der Waals surface area (Å²) in [6.07, 6.45) is 5.29. The van der Waals surface area contributed by atoms with Crippen molar-refractivity contribution in [1.82, 2.24) is 19.6 Å². The average molecular weight is 329 g/mol. The van der Waals surface area contributed by atoms with Gasteiger partial charge >= 0.3 is 0 Å². The number of carbonyl (C=O) groups is 1. The molecule has 6 heteroatoms. The smallest absolute Gasteiger partial charge is 0.221 e. The predicted octanol–water partition coefficient (Wildman–Crippen LogP) is 3.42. The zero-order valence-corrected chi connectivity index (χ0v) is 13.5. The first-order valence-electron chi connectivity index (χ1n) is 7.84. The number of hydrogen-bond acceptors (Lipinski definition) is 4. The van der Waals surface area contributed by atoms with Crippen molar-refractivity contribution in [3.63, 3.8) is 0 Å². The van der Waals surface area contributed by atoms with E-state index >= 15 is 0 Å². The maximum absolute atomic E-state index is 11.3. The summed E-state index contributed by atoms with van der Waals surface area (Å²) in [4.78, 5) is 19.8.